The van der Waals surface area contributed by atoms with E-state index in [4.69, 9.17) is 9.47 Å². The first-order chi connectivity index (χ1) is 10.1. The van der Waals surface area contributed by atoms with Crippen molar-refractivity contribution in [1.82, 2.24) is 0 Å². The smallest absolute Gasteiger partial charge is 0.269 e. The zero-order valence-electron chi connectivity index (χ0n) is 11.6. The highest BCUT2D eigenvalue weighted by atomic mass is 16.6. The Morgan fingerprint density at radius 1 is 1.10 bits per heavy atom. The van der Waals surface area contributed by atoms with Crippen molar-refractivity contribution < 1.29 is 14.4 Å². The summed E-state index contributed by atoms with van der Waals surface area (Å²) in [5, 5.41) is 10.6. The van der Waals surface area contributed by atoms with Gasteiger partial charge < -0.3 is 9.47 Å². The topological polar surface area (TPSA) is 74.0 Å². The molecule has 2 rings (SSSR count). The van der Waals surface area contributed by atoms with Gasteiger partial charge in [0.1, 0.15) is 11.5 Å². The molecule has 0 aromatic heterocycles. The van der Waals surface area contributed by atoms with Gasteiger partial charge in [0.15, 0.2) is 0 Å². The predicted molar refractivity (Wildman–Crippen MR) is 79.9 cm³/mol. The molecule has 6 nitrogen and oxygen atoms in total. The van der Waals surface area contributed by atoms with Crippen molar-refractivity contribution >= 4 is 17.6 Å². The average Bonchev–Trinajstić information content (AvgIpc) is 2.53. The maximum atomic E-state index is 10.6. The highest BCUT2D eigenvalue weighted by Gasteiger charge is 2.04. The van der Waals surface area contributed by atoms with E-state index in [1.165, 1.54) is 12.1 Å². The number of rotatable bonds is 5. The second kappa shape index (κ2) is 6.51. The zero-order valence-corrected chi connectivity index (χ0v) is 11.6. The number of nitro benzene ring substituents is 1. The minimum atomic E-state index is -0.444. The number of hydrogen-bond donors (Lipinski definition) is 0. The van der Waals surface area contributed by atoms with Crippen molar-refractivity contribution in [3.8, 4) is 11.5 Å². The van der Waals surface area contributed by atoms with Crippen molar-refractivity contribution in [2.24, 2.45) is 4.99 Å². The first-order valence-electron chi connectivity index (χ1n) is 6.14. The summed E-state index contributed by atoms with van der Waals surface area (Å²) in [6.45, 7) is 0. The zero-order chi connectivity index (χ0) is 15.2. The molecule has 0 aliphatic carbocycles. The van der Waals surface area contributed by atoms with Gasteiger partial charge in [-0.1, -0.05) is 0 Å². The maximum Gasteiger partial charge on any atom is 0.269 e. The SMILES string of the molecule is COc1ccc(C=Nc2ccc([N+](=O)[O-])cc2)c(OC)c1. The third-order valence-electron chi connectivity index (χ3n) is 2.85. The Morgan fingerprint density at radius 3 is 2.38 bits per heavy atom. The number of benzene rings is 2. The Hall–Kier alpha value is -2.89. The number of ether oxygens (including phenoxy) is 2. The fourth-order valence-corrected chi connectivity index (χ4v) is 1.73. The molecule has 0 fully saturated rings. The summed E-state index contributed by atoms with van der Waals surface area (Å²) in [5.41, 5.74) is 1.45. The maximum absolute atomic E-state index is 10.6. The number of nitrogens with zero attached hydrogens (tertiary/aromatic N) is 2. The fraction of sp³-hybridized carbons (Fsp3) is 0.133. The molecular weight excluding hydrogens is 272 g/mol. The lowest BCUT2D eigenvalue weighted by molar-refractivity contribution is -0.384. The number of hydrogen-bond acceptors (Lipinski definition) is 5. The first kappa shape index (κ1) is 14.5. The molecule has 0 saturated carbocycles. The van der Waals surface area contributed by atoms with Gasteiger partial charge in [-0.25, -0.2) is 0 Å². The largest absolute Gasteiger partial charge is 0.497 e. The van der Waals surface area contributed by atoms with Crippen LogP contribution in [0.3, 0.4) is 0 Å². The van der Waals surface area contributed by atoms with Crippen molar-refractivity contribution in [2.45, 2.75) is 0 Å². The summed E-state index contributed by atoms with van der Waals surface area (Å²) in [5.74, 6) is 1.33. The van der Waals surface area contributed by atoms with E-state index in [-0.39, 0.29) is 5.69 Å². The van der Waals surface area contributed by atoms with Gasteiger partial charge in [0.2, 0.25) is 0 Å². The summed E-state index contributed by atoms with van der Waals surface area (Å²) >= 11 is 0. The molecule has 0 N–H and O–H groups in total. The van der Waals surface area contributed by atoms with Crippen LogP contribution in [0.2, 0.25) is 0 Å². The van der Waals surface area contributed by atoms with Crippen LogP contribution in [-0.2, 0) is 0 Å². The van der Waals surface area contributed by atoms with Crippen LogP contribution in [0.15, 0.2) is 47.5 Å². The van der Waals surface area contributed by atoms with E-state index < -0.39 is 4.92 Å². The molecule has 0 atom stereocenters. The standard InChI is InChI=1S/C15H14N2O4/c1-20-14-8-3-11(15(9-14)21-2)10-16-12-4-6-13(7-5-12)17(18)19/h3-10H,1-2H3. The first-order valence-corrected chi connectivity index (χ1v) is 6.14. The van der Waals surface area contributed by atoms with Gasteiger partial charge in [-0.2, -0.15) is 0 Å². The molecular formula is C15H14N2O4. The minimum absolute atomic E-state index is 0.0379. The normalized spacial score (nSPS) is 10.6. The van der Waals surface area contributed by atoms with E-state index in [0.717, 1.165) is 5.56 Å². The number of non-ortho nitro benzene ring substituents is 1. The van der Waals surface area contributed by atoms with Crippen LogP contribution in [0.25, 0.3) is 0 Å². The molecule has 0 spiro atoms. The van der Waals surface area contributed by atoms with Gasteiger partial charge >= 0.3 is 0 Å². The highest BCUT2D eigenvalue weighted by molar-refractivity contribution is 5.85. The molecule has 0 bridgehead atoms. The molecule has 2 aromatic carbocycles. The van der Waals surface area contributed by atoms with E-state index >= 15 is 0 Å². The van der Waals surface area contributed by atoms with Crippen molar-refractivity contribution in [3.63, 3.8) is 0 Å². The Balaban J connectivity index is 2.22. The van der Waals surface area contributed by atoms with Gasteiger partial charge in [0, 0.05) is 30.0 Å². The van der Waals surface area contributed by atoms with Gasteiger partial charge in [-0.3, -0.25) is 15.1 Å². The summed E-state index contributed by atoms with van der Waals surface area (Å²) in [6.07, 6.45) is 1.64. The van der Waals surface area contributed by atoms with Crippen molar-refractivity contribution in [3.05, 3.63) is 58.1 Å². The molecule has 6 heteroatoms. The Morgan fingerprint density at radius 2 is 1.81 bits per heavy atom. The monoisotopic (exact) mass is 286 g/mol. The molecule has 21 heavy (non-hydrogen) atoms. The summed E-state index contributed by atoms with van der Waals surface area (Å²) in [7, 11) is 3.15. The van der Waals surface area contributed by atoms with Crippen LogP contribution in [-0.4, -0.2) is 25.4 Å². The van der Waals surface area contributed by atoms with Crippen LogP contribution >= 0.6 is 0 Å². The van der Waals surface area contributed by atoms with Crippen LogP contribution in [0.5, 0.6) is 11.5 Å². The average molecular weight is 286 g/mol. The Bertz CT molecular complexity index is 666. The van der Waals surface area contributed by atoms with Gasteiger partial charge in [-0.05, 0) is 24.3 Å². The Labute approximate surface area is 121 Å². The lowest BCUT2D eigenvalue weighted by atomic mass is 10.2. The van der Waals surface area contributed by atoms with Gasteiger partial charge in [-0.15, -0.1) is 0 Å². The lowest BCUT2D eigenvalue weighted by Gasteiger charge is -2.06. The molecule has 2 aromatic rings. The van der Waals surface area contributed by atoms with Gasteiger partial charge in [0.25, 0.3) is 5.69 Å². The minimum Gasteiger partial charge on any atom is -0.497 e. The molecule has 0 amide bonds. The fourth-order valence-electron chi connectivity index (χ4n) is 1.73. The van der Waals surface area contributed by atoms with Crippen LogP contribution in [0.1, 0.15) is 5.56 Å². The van der Waals surface area contributed by atoms with E-state index in [0.29, 0.717) is 17.2 Å². The Kier molecular flexibility index (Phi) is 4.50. The third kappa shape index (κ3) is 3.56. The molecule has 0 unspecified atom stereocenters. The second-order valence-corrected chi connectivity index (χ2v) is 4.14. The number of nitro groups is 1. The summed E-state index contributed by atoms with van der Waals surface area (Å²) < 4.78 is 10.4. The molecule has 0 radical (unpaired) electrons. The van der Waals surface area contributed by atoms with E-state index in [2.05, 4.69) is 4.99 Å². The molecule has 0 saturated heterocycles. The summed E-state index contributed by atoms with van der Waals surface area (Å²) in [4.78, 5) is 14.4. The van der Waals surface area contributed by atoms with Crippen LogP contribution in [0, 0.1) is 10.1 Å². The second-order valence-electron chi connectivity index (χ2n) is 4.14. The molecule has 0 aliphatic rings. The van der Waals surface area contributed by atoms with E-state index in [1.807, 2.05) is 6.07 Å². The third-order valence-corrected chi connectivity index (χ3v) is 2.85. The van der Waals surface area contributed by atoms with Crippen LogP contribution < -0.4 is 9.47 Å². The molecule has 0 heterocycles. The van der Waals surface area contributed by atoms with E-state index in [9.17, 15) is 10.1 Å². The molecule has 0 aliphatic heterocycles. The molecule has 108 valence electrons. The lowest BCUT2D eigenvalue weighted by Crippen LogP contribution is -1.92. The van der Waals surface area contributed by atoms with Crippen molar-refractivity contribution in [1.29, 1.82) is 0 Å². The highest BCUT2D eigenvalue weighted by Crippen LogP contribution is 2.24. The summed E-state index contributed by atoms with van der Waals surface area (Å²) in [6, 6.07) is 11.4. The quantitative estimate of drug-likeness (QED) is 0.480. The number of methoxy groups -OCH3 is 2. The van der Waals surface area contributed by atoms with Gasteiger partial charge in [0.05, 0.1) is 24.8 Å². The van der Waals surface area contributed by atoms with Crippen LogP contribution in [0.4, 0.5) is 11.4 Å². The van der Waals surface area contributed by atoms with E-state index in [1.54, 1.807) is 44.7 Å². The number of aliphatic imine (C=N–C) groups is 1. The van der Waals surface area contributed by atoms with Crippen molar-refractivity contribution in [2.75, 3.05) is 14.2 Å². The predicted octanol–water partition coefficient (Wildman–Crippen LogP) is 3.36.